The molecule has 0 aromatic heterocycles. The summed E-state index contributed by atoms with van der Waals surface area (Å²) in [5.74, 6) is 0. The second-order valence-corrected chi connectivity index (χ2v) is 4.94. The highest BCUT2D eigenvalue weighted by Gasteiger charge is 2.14. The highest BCUT2D eigenvalue weighted by atomic mass is 16.5. The second kappa shape index (κ2) is 10.2. The monoisotopic (exact) mass is 292 g/mol. The molecule has 0 bridgehead atoms. The van der Waals surface area contributed by atoms with Gasteiger partial charge in [-0.25, -0.2) is 0 Å². The number of aliphatic hydroxyl groups excluding tert-OH is 1. The van der Waals surface area contributed by atoms with Crippen molar-refractivity contribution in [3.63, 3.8) is 0 Å². The zero-order valence-electron chi connectivity index (χ0n) is 12.7. The van der Waals surface area contributed by atoms with E-state index in [-0.39, 0.29) is 12.7 Å². The quantitative estimate of drug-likeness (QED) is 0.712. The van der Waals surface area contributed by atoms with Crippen LogP contribution in [0.15, 0.2) is 30.3 Å². The molecule has 0 amide bonds. The highest BCUT2D eigenvalue weighted by Crippen LogP contribution is 2.14. The summed E-state index contributed by atoms with van der Waals surface area (Å²) >= 11 is 0. The van der Waals surface area contributed by atoms with E-state index >= 15 is 0 Å². The number of rotatable bonds is 10. The maximum atomic E-state index is 10.1. The molecule has 1 aromatic rings. The number of hydrogen-bond donors (Lipinski definition) is 1. The van der Waals surface area contributed by atoms with Gasteiger partial charge in [-0.15, -0.1) is 0 Å². The van der Waals surface area contributed by atoms with Gasteiger partial charge in [0.1, 0.15) is 0 Å². The van der Waals surface area contributed by atoms with Crippen molar-refractivity contribution in [2.24, 2.45) is 0 Å². The molecule has 0 heterocycles. The lowest BCUT2D eigenvalue weighted by Gasteiger charge is -2.27. The largest absolute Gasteiger partial charge is 0.389 e. The average molecular weight is 292 g/mol. The molecule has 5 nitrogen and oxygen atoms in total. The summed E-state index contributed by atoms with van der Waals surface area (Å²) in [6.45, 7) is 3.68. The zero-order chi connectivity index (χ0) is 15.5. The van der Waals surface area contributed by atoms with Crippen molar-refractivity contribution >= 4 is 5.69 Å². The van der Waals surface area contributed by atoms with E-state index in [1.54, 1.807) is 7.11 Å². The molecule has 0 aliphatic carbocycles. The first kappa shape index (κ1) is 17.4. The third-order valence-corrected chi connectivity index (χ3v) is 3.02. The molecule has 0 saturated heterocycles. The van der Waals surface area contributed by atoms with Crippen molar-refractivity contribution < 1.29 is 14.6 Å². The van der Waals surface area contributed by atoms with E-state index in [1.807, 2.05) is 42.2 Å². The first-order valence-corrected chi connectivity index (χ1v) is 7.13. The molecular weight excluding hydrogens is 268 g/mol. The summed E-state index contributed by atoms with van der Waals surface area (Å²) in [7, 11) is 1.62. The Labute approximate surface area is 126 Å². The molecule has 2 atom stereocenters. The van der Waals surface area contributed by atoms with Crippen LogP contribution in [0.25, 0.3) is 0 Å². The lowest BCUT2D eigenvalue weighted by molar-refractivity contribution is -0.0295. The van der Waals surface area contributed by atoms with Crippen molar-refractivity contribution in [3.8, 4) is 6.07 Å². The topological polar surface area (TPSA) is 65.7 Å². The fraction of sp³-hybridized carbons (Fsp3) is 0.562. The third-order valence-electron chi connectivity index (χ3n) is 3.02. The number of anilines is 1. The Bertz CT molecular complexity index is 419. The SMILES string of the molecule is COCC(C)OCC(O)CN(CCC#N)c1ccccc1. The normalized spacial score (nSPS) is 13.4. The van der Waals surface area contributed by atoms with E-state index in [4.69, 9.17) is 14.7 Å². The van der Waals surface area contributed by atoms with Gasteiger partial charge in [-0.1, -0.05) is 18.2 Å². The Morgan fingerprint density at radius 3 is 2.62 bits per heavy atom. The van der Waals surface area contributed by atoms with Crippen molar-refractivity contribution in [2.75, 3.05) is 38.3 Å². The van der Waals surface area contributed by atoms with Crippen molar-refractivity contribution in [1.82, 2.24) is 0 Å². The molecule has 1 aromatic carbocycles. The van der Waals surface area contributed by atoms with Crippen LogP contribution in [0.4, 0.5) is 5.69 Å². The number of benzene rings is 1. The summed E-state index contributed by atoms with van der Waals surface area (Å²) in [4.78, 5) is 2.00. The first-order chi connectivity index (χ1) is 10.2. The maximum absolute atomic E-state index is 10.1. The van der Waals surface area contributed by atoms with Crippen LogP contribution in [-0.2, 0) is 9.47 Å². The summed E-state index contributed by atoms with van der Waals surface area (Å²) in [5.41, 5.74) is 0.997. The lowest BCUT2D eigenvalue weighted by Crippen LogP contribution is -2.36. The Morgan fingerprint density at radius 1 is 1.29 bits per heavy atom. The van der Waals surface area contributed by atoms with E-state index in [0.29, 0.717) is 26.1 Å². The molecule has 116 valence electrons. The Morgan fingerprint density at radius 2 is 2.00 bits per heavy atom. The summed E-state index contributed by atoms with van der Waals surface area (Å²) in [6.07, 6.45) is -0.236. The van der Waals surface area contributed by atoms with Crippen LogP contribution in [0.2, 0.25) is 0 Å². The smallest absolute Gasteiger partial charge is 0.0948 e. The first-order valence-electron chi connectivity index (χ1n) is 7.13. The average Bonchev–Trinajstić information content (AvgIpc) is 2.50. The van der Waals surface area contributed by atoms with Gasteiger partial charge in [0, 0.05) is 25.9 Å². The molecule has 0 radical (unpaired) electrons. The predicted octanol–water partition coefficient (Wildman–Crippen LogP) is 1.82. The van der Waals surface area contributed by atoms with E-state index in [9.17, 15) is 5.11 Å². The Kier molecular flexibility index (Phi) is 8.44. The number of para-hydroxylation sites is 1. The van der Waals surface area contributed by atoms with Gasteiger partial charge in [-0.05, 0) is 19.1 Å². The van der Waals surface area contributed by atoms with Gasteiger partial charge in [-0.2, -0.15) is 5.26 Å². The van der Waals surface area contributed by atoms with Crippen molar-refractivity contribution in [3.05, 3.63) is 30.3 Å². The molecule has 0 aliphatic rings. The van der Waals surface area contributed by atoms with E-state index in [2.05, 4.69) is 6.07 Å². The Balaban J connectivity index is 2.50. The van der Waals surface area contributed by atoms with Crippen molar-refractivity contribution in [1.29, 1.82) is 5.26 Å². The fourth-order valence-electron chi connectivity index (χ4n) is 2.01. The number of aliphatic hydroxyl groups is 1. The molecular formula is C16H24N2O3. The maximum Gasteiger partial charge on any atom is 0.0948 e. The van der Waals surface area contributed by atoms with Crippen LogP contribution in [0.3, 0.4) is 0 Å². The van der Waals surface area contributed by atoms with E-state index in [0.717, 1.165) is 5.69 Å². The molecule has 2 unspecified atom stereocenters. The van der Waals surface area contributed by atoms with E-state index < -0.39 is 6.10 Å². The van der Waals surface area contributed by atoms with Gasteiger partial charge < -0.3 is 19.5 Å². The lowest BCUT2D eigenvalue weighted by atomic mass is 10.2. The van der Waals surface area contributed by atoms with Crippen LogP contribution in [-0.4, -0.2) is 50.7 Å². The second-order valence-electron chi connectivity index (χ2n) is 4.94. The predicted molar refractivity (Wildman–Crippen MR) is 82.2 cm³/mol. The minimum atomic E-state index is -0.608. The molecule has 5 heteroatoms. The van der Waals surface area contributed by atoms with Crippen molar-refractivity contribution in [2.45, 2.75) is 25.6 Å². The standard InChI is InChI=1S/C16H24N2O3/c1-14(12-20-2)21-13-16(19)11-18(10-6-9-17)15-7-4-3-5-8-15/h3-5,7-8,14,16,19H,6,10-13H2,1-2H3. The minimum absolute atomic E-state index is 0.0473. The van der Waals surface area contributed by atoms with Crippen LogP contribution in [0.1, 0.15) is 13.3 Å². The van der Waals surface area contributed by atoms with Gasteiger partial charge in [0.2, 0.25) is 0 Å². The number of ether oxygens (including phenoxy) is 2. The number of methoxy groups -OCH3 is 1. The summed E-state index contributed by atoms with van der Waals surface area (Å²) in [6, 6.07) is 11.9. The fourth-order valence-corrected chi connectivity index (χ4v) is 2.01. The van der Waals surface area contributed by atoms with Gasteiger partial charge in [0.25, 0.3) is 0 Å². The van der Waals surface area contributed by atoms with Crippen LogP contribution in [0.5, 0.6) is 0 Å². The van der Waals surface area contributed by atoms with Gasteiger partial charge >= 0.3 is 0 Å². The van der Waals surface area contributed by atoms with Gasteiger partial charge in [-0.3, -0.25) is 0 Å². The number of nitrogens with zero attached hydrogens (tertiary/aromatic N) is 2. The molecule has 0 fully saturated rings. The van der Waals surface area contributed by atoms with Crippen LogP contribution in [0, 0.1) is 11.3 Å². The summed E-state index contributed by atoms with van der Waals surface area (Å²) < 4.78 is 10.5. The molecule has 1 rings (SSSR count). The van der Waals surface area contributed by atoms with Gasteiger partial charge in [0.15, 0.2) is 0 Å². The minimum Gasteiger partial charge on any atom is -0.389 e. The van der Waals surface area contributed by atoms with Crippen LogP contribution < -0.4 is 4.90 Å². The number of hydrogen-bond acceptors (Lipinski definition) is 5. The molecule has 0 aliphatic heterocycles. The molecule has 1 N–H and O–H groups in total. The third kappa shape index (κ3) is 7.09. The highest BCUT2D eigenvalue weighted by molar-refractivity contribution is 5.46. The number of nitriles is 1. The van der Waals surface area contributed by atoms with Crippen LogP contribution >= 0.6 is 0 Å². The summed E-state index contributed by atoms with van der Waals surface area (Å²) in [5, 5.41) is 18.9. The molecule has 0 saturated carbocycles. The zero-order valence-corrected chi connectivity index (χ0v) is 12.7. The molecule has 0 spiro atoms. The van der Waals surface area contributed by atoms with E-state index in [1.165, 1.54) is 0 Å². The Hall–Kier alpha value is -1.61. The molecule has 21 heavy (non-hydrogen) atoms. The van der Waals surface area contributed by atoms with Gasteiger partial charge in [0.05, 0.1) is 37.9 Å².